The minimum Gasteiger partial charge on any atom is -0.369 e. The lowest BCUT2D eigenvalue weighted by atomic mass is 10.2. The molecule has 1 fully saturated rings. The molecule has 0 amide bonds. The average Bonchev–Trinajstić information content (AvgIpc) is 2.91. The molecule has 3 heterocycles. The van der Waals surface area contributed by atoms with Crippen molar-refractivity contribution in [3.8, 4) is 0 Å². The minimum absolute atomic E-state index is 0.00451. The standard InChI is InChI=1S/C18H21N5O/c1-13-19-8-7-15(20-13)17-11-23(9-10-24-17)12-18-21-14-5-3-4-6-16(14)22(18)2/h3-8,17H,9-12H2,1-2H3. The van der Waals surface area contributed by atoms with Crippen LogP contribution in [0.4, 0.5) is 0 Å². The molecule has 3 aromatic rings. The second-order valence-electron chi connectivity index (χ2n) is 6.20. The molecule has 1 unspecified atom stereocenters. The molecule has 124 valence electrons. The monoisotopic (exact) mass is 323 g/mol. The highest BCUT2D eigenvalue weighted by Gasteiger charge is 2.24. The Morgan fingerprint density at radius 2 is 2.08 bits per heavy atom. The first-order chi connectivity index (χ1) is 11.7. The Morgan fingerprint density at radius 3 is 2.92 bits per heavy atom. The van der Waals surface area contributed by atoms with E-state index in [1.807, 2.05) is 19.1 Å². The number of fused-ring (bicyclic) bond motifs is 1. The van der Waals surface area contributed by atoms with Gasteiger partial charge in [-0.15, -0.1) is 0 Å². The summed E-state index contributed by atoms with van der Waals surface area (Å²) in [5.41, 5.74) is 3.17. The van der Waals surface area contributed by atoms with Crippen LogP contribution in [0.2, 0.25) is 0 Å². The van der Waals surface area contributed by atoms with Gasteiger partial charge >= 0.3 is 0 Å². The zero-order valence-corrected chi connectivity index (χ0v) is 14.0. The largest absolute Gasteiger partial charge is 0.369 e. The van der Waals surface area contributed by atoms with Crippen molar-refractivity contribution >= 4 is 11.0 Å². The fourth-order valence-corrected chi connectivity index (χ4v) is 3.22. The molecule has 0 spiro atoms. The van der Waals surface area contributed by atoms with Gasteiger partial charge in [-0.05, 0) is 25.1 Å². The number of nitrogens with zero attached hydrogens (tertiary/aromatic N) is 5. The van der Waals surface area contributed by atoms with E-state index in [0.29, 0.717) is 6.61 Å². The number of hydrogen-bond donors (Lipinski definition) is 0. The molecule has 1 atom stereocenters. The molecule has 2 aromatic heterocycles. The number of benzene rings is 1. The van der Waals surface area contributed by atoms with Crippen LogP contribution in [0, 0.1) is 6.92 Å². The number of imidazole rings is 1. The molecule has 0 N–H and O–H groups in total. The van der Waals surface area contributed by atoms with Gasteiger partial charge < -0.3 is 9.30 Å². The van der Waals surface area contributed by atoms with Crippen LogP contribution >= 0.6 is 0 Å². The summed E-state index contributed by atoms with van der Waals surface area (Å²) in [5, 5.41) is 0. The second kappa shape index (κ2) is 6.30. The summed E-state index contributed by atoms with van der Waals surface area (Å²) < 4.78 is 8.09. The van der Waals surface area contributed by atoms with Crippen molar-refractivity contribution in [2.75, 3.05) is 19.7 Å². The van der Waals surface area contributed by atoms with E-state index in [1.54, 1.807) is 6.20 Å². The fourth-order valence-electron chi connectivity index (χ4n) is 3.22. The van der Waals surface area contributed by atoms with Crippen LogP contribution in [0.5, 0.6) is 0 Å². The van der Waals surface area contributed by atoms with Crippen molar-refractivity contribution in [1.82, 2.24) is 24.4 Å². The quantitative estimate of drug-likeness (QED) is 0.740. The van der Waals surface area contributed by atoms with Gasteiger partial charge in [-0.1, -0.05) is 12.1 Å². The van der Waals surface area contributed by atoms with E-state index in [4.69, 9.17) is 9.72 Å². The van der Waals surface area contributed by atoms with Crippen LogP contribution in [0.15, 0.2) is 36.5 Å². The summed E-state index contributed by atoms with van der Waals surface area (Å²) in [6.07, 6.45) is 1.79. The molecular formula is C18H21N5O. The van der Waals surface area contributed by atoms with Crippen molar-refractivity contribution in [3.63, 3.8) is 0 Å². The molecule has 24 heavy (non-hydrogen) atoms. The van der Waals surface area contributed by atoms with Gasteiger partial charge in [0.05, 0.1) is 29.9 Å². The Kier molecular flexibility index (Phi) is 4.00. The summed E-state index contributed by atoms with van der Waals surface area (Å²) in [7, 11) is 2.08. The number of para-hydroxylation sites is 2. The number of rotatable bonds is 3. The Hall–Kier alpha value is -2.31. The fraction of sp³-hybridized carbons (Fsp3) is 0.389. The van der Waals surface area contributed by atoms with E-state index >= 15 is 0 Å². The van der Waals surface area contributed by atoms with Crippen molar-refractivity contribution < 1.29 is 4.74 Å². The Balaban J connectivity index is 1.53. The molecule has 0 saturated carbocycles. The van der Waals surface area contributed by atoms with E-state index in [0.717, 1.165) is 42.5 Å². The van der Waals surface area contributed by atoms with Crippen LogP contribution < -0.4 is 0 Å². The van der Waals surface area contributed by atoms with Gasteiger partial charge in [-0.2, -0.15) is 0 Å². The Bertz CT molecular complexity index is 859. The van der Waals surface area contributed by atoms with E-state index in [9.17, 15) is 0 Å². The summed E-state index contributed by atoms with van der Waals surface area (Å²) in [6, 6.07) is 10.2. The van der Waals surface area contributed by atoms with Crippen molar-refractivity contribution in [2.24, 2.45) is 7.05 Å². The van der Waals surface area contributed by atoms with Crippen LogP contribution in [-0.4, -0.2) is 44.1 Å². The second-order valence-corrected chi connectivity index (χ2v) is 6.20. The number of hydrogen-bond acceptors (Lipinski definition) is 5. The third-order valence-corrected chi connectivity index (χ3v) is 4.52. The van der Waals surface area contributed by atoms with Crippen LogP contribution in [0.3, 0.4) is 0 Å². The molecule has 1 aromatic carbocycles. The summed E-state index contributed by atoms with van der Waals surface area (Å²) in [5.74, 6) is 1.86. The molecule has 1 aliphatic rings. The van der Waals surface area contributed by atoms with Crippen molar-refractivity contribution in [3.05, 3.63) is 53.9 Å². The van der Waals surface area contributed by atoms with Gasteiger partial charge in [-0.3, -0.25) is 4.90 Å². The van der Waals surface area contributed by atoms with Crippen LogP contribution in [0.25, 0.3) is 11.0 Å². The highest BCUT2D eigenvalue weighted by Crippen LogP contribution is 2.22. The molecule has 4 rings (SSSR count). The summed E-state index contributed by atoms with van der Waals surface area (Å²) in [6.45, 7) is 5.15. The van der Waals surface area contributed by atoms with E-state index in [-0.39, 0.29) is 6.10 Å². The first kappa shape index (κ1) is 15.2. The van der Waals surface area contributed by atoms with Crippen molar-refractivity contribution in [2.45, 2.75) is 19.6 Å². The zero-order valence-electron chi connectivity index (χ0n) is 14.0. The predicted molar refractivity (Wildman–Crippen MR) is 91.5 cm³/mol. The molecule has 0 bridgehead atoms. The topological polar surface area (TPSA) is 56.1 Å². The lowest BCUT2D eigenvalue weighted by Crippen LogP contribution is -2.38. The first-order valence-electron chi connectivity index (χ1n) is 8.24. The lowest BCUT2D eigenvalue weighted by Gasteiger charge is -2.32. The third-order valence-electron chi connectivity index (χ3n) is 4.52. The van der Waals surface area contributed by atoms with Gasteiger partial charge in [0, 0.05) is 26.3 Å². The number of morpholine rings is 1. The minimum atomic E-state index is -0.00451. The number of aromatic nitrogens is 4. The first-order valence-corrected chi connectivity index (χ1v) is 8.24. The molecule has 6 heteroatoms. The van der Waals surface area contributed by atoms with E-state index < -0.39 is 0 Å². The molecule has 0 aliphatic carbocycles. The summed E-state index contributed by atoms with van der Waals surface area (Å²) >= 11 is 0. The van der Waals surface area contributed by atoms with Gasteiger partial charge in [0.1, 0.15) is 17.8 Å². The molecule has 6 nitrogen and oxygen atoms in total. The normalized spacial score (nSPS) is 19.0. The van der Waals surface area contributed by atoms with Gasteiger partial charge in [0.15, 0.2) is 0 Å². The van der Waals surface area contributed by atoms with Gasteiger partial charge in [0.25, 0.3) is 0 Å². The zero-order chi connectivity index (χ0) is 16.5. The maximum Gasteiger partial charge on any atom is 0.125 e. The highest BCUT2D eigenvalue weighted by atomic mass is 16.5. The average molecular weight is 323 g/mol. The van der Waals surface area contributed by atoms with Crippen LogP contribution in [0.1, 0.15) is 23.4 Å². The maximum absolute atomic E-state index is 5.92. The van der Waals surface area contributed by atoms with Crippen molar-refractivity contribution in [1.29, 1.82) is 0 Å². The number of ether oxygens (including phenoxy) is 1. The third kappa shape index (κ3) is 2.90. The molecule has 0 radical (unpaired) electrons. The Labute approximate surface area is 141 Å². The molecule has 1 saturated heterocycles. The van der Waals surface area contributed by atoms with E-state index in [1.165, 1.54) is 5.52 Å². The van der Waals surface area contributed by atoms with Crippen LogP contribution in [-0.2, 0) is 18.3 Å². The highest BCUT2D eigenvalue weighted by molar-refractivity contribution is 5.75. The van der Waals surface area contributed by atoms with Gasteiger partial charge in [0.2, 0.25) is 0 Å². The summed E-state index contributed by atoms with van der Waals surface area (Å²) in [4.78, 5) is 15.8. The van der Waals surface area contributed by atoms with E-state index in [2.05, 4.69) is 44.7 Å². The number of aryl methyl sites for hydroxylation is 2. The van der Waals surface area contributed by atoms with Gasteiger partial charge in [-0.25, -0.2) is 15.0 Å². The molecule has 1 aliphatic heterocycles. The maximum atomic E-state index is 5.92. The predicted octanol–water partition coefficient (Wildman–Crippen LogP) is 2.25. The lowest BCUT2D eigenvalue weighted by molar-refractivity contribution is -0.0360. The molecular weight excluding hydrogens is 302 g/mol. The smallest absolute Gasteiger partial charge is 0.125 e. The Morgan fingerprint density at radius 1 is 1.21 bits per heavy atom. The SMILES string of the molecule is Cc1nccc(C2CN(Cc3nc4ccccc4n3C)CCO2)n1.